The number of anilines is 1. The molecule has 3 rings (SSSR count). The number of nitrogens with zero attached hydrogens (tertiary/aromatic N) is 2. The van der Waals surface area contributed by atoms with Gasteiger partial charge in [-0.15, -0.1) is 0 Å². The average Bonchev–Trinajstić information content (AvgIpc) is 2.73. The number of aromatic nitrogens is 1. The summed E-state index contributed by atoms with van der Waals surface area (Å²) >= 11 is 5.94. The van der Waals surface area contributed by atoms with Crippen LogP contribution in [0.3, 0.4) is 0 Å². The van der Waals surface area contributed by atoms with Gasteiger partial charge in [0.05, 0.1) is 26.8 Å². The molecule has 0 aliphatic carbocycles. The molecule has 152 valence electrons. The number of fused-ring (bicyclic) bond motifs is 1. The highest BCUT2D eigenvalue weighted by molar-refractivity contribution is 6.34. The van der Waals surface area contributed by atoms with Crippen molar-refractivity contribution in [1.29, 1.82) is 0 Å². The Bertz CT molecular complexity index is 1160. The van der Waals surface area contributed by atoms with Crippen molar-refractivity contribution in [2.45, 2.75) is 13.0 Å². The zero-order valence-electron chi connectivity index (χ0n) is 15.7. The molecule has 2 aromatic carbocycles. The van der Waals surface area contributed by atoms with Gasteiger partial charge in [0.15, 0.2) is 6.10 Å². The van der Waals surface area contributed by atoms with Gasteiger partial charge in [-0.2, -0.15) is 0 Å². The van der Waals surface area contributed by atoms with Crippen LogP contribution in [0.15, 0.2) is 60.7 Å². The molecular weight excluding hydrogens is 410 g/mol. The minimum Gasteiger partial charge on any atom is -0.449 e. The van der Waals surface area contributed by atoms with E-state index in [4.69, 9.17) is 16.3 Å². The average molecular weight is 426 g/mol. The molecule has 1 atom stereocenters. The van der Waals surface area contributed by atoms with Crippen LogP contribution >= 0.6 is 11.6 Å². The van der Waals surface area contributed by atoms with E-state index in [1.807, 2.05) is 30.3 Å². The van der Waals surface area contributed by atoms with Gasteiger partial charge in [-0.3, -0.25) is 14.9 Å². The zero-order valence-corrected chi connectivity index (χ0v) is 16.5. The molecule has 30 heavy (non-hydrogen) atoms. The molecule has 0 saturated heterocycles. The lowest BCUT2D eigenvalue weighted by molar-refractivity contribution is -0.384. The highest BCUT2D eigenvalue weighted by Gasteiger charge is 2.19. The maximum atomic E-state index is 12.2. The van der Waals surface area contributed by atoms with Gasteiger partial charge in [-0.1, -0.05) is 35.9 Å². The van der Waals surface area contributed by atoms with E-state index in [9.17, 15) is 19.7 Å². The second-order valence-electron chi connectivity index (χ2n) is 6.25. The Morgan fingerprint density at radius 1 is 1.20 bits per heavy atom. The maximum Gasteiger partial charge on any atom is 0.331 e. The molecule has 0 saturated carbocycles. The van der Waals surface area contributed by atoms with E-state index in [0.717, 1.165) is 17.0 Å². The number of nitro benzene ring substituents is 1. The molecule has 0 bridgehead atoms. The number of esters is 1. The molecule has 1 N–H and O–H groups in total. The second-order valence-corrected chi connectivity index (χ2v) is 6.66. The first kappa shape index (κ1) is 20.9. The number of hydrogen-bond donors (Lipinski definition) is 1. The smallest absolute Gasteiger partial charge is 0.331 e. The van der Waals surface area contributed by atoms with Gasteiger partial charge in [0.25, 0.3) is 11.6 Å². The molecule has 0 fully saturated rings. The number of benzene rings is 2. The maximum absolute atomic E-state index is 12.2. The number of carbonyl (C=O) groups excluding carboxylic acids is 2. The second kappa shape index (κ2) is 9.15. The molecule has 1 unspecified atom stereocenters. The number of halogens is 1. The van der Waals surface area contributed by atoms with Gasteiger partial charge in [-0.05, 0) is 31.2 Å². The van der Waals surface area contributed by atoms with Gasteiger partial charge >= 0.3 is 5.97 Å². The predicted molar refractivity (Wildman–Crippen MR) is 113 cm³/mol. The Hall–Kier alpha value is -3.78. The number of nitrogens with one attached hydrogen (secondary N) is 1. The SMILES string of the molecule is CC(OC(=O)/C=C/c1ccc2ccccc2n1)C(=O)Nc1ccc([N+](=O)[O-])cc1Cl. The fourth-order valence-electron chi connectivity index (χ4n) is 2.55. The summed E-state index contributed by atoms with van der Waals surface area (Å²) in [6.45, 7) is 1.40. The minimum absolute atomic E-state index is 0.00153. The van der Waals surface area contributed by atoms with Crippen LogP contribution in [0.5, 0.6) is 0 Å². The van der Waals surface area contributed by atoms with E-state index in [1.54, 1.807) is 6.07 Å². The van der Waals surface area contributed by atoms with Crippen molar-refractivity contribution in [2.75, 3.05) is 5.32 Å². The van der Waals surface area contributed by atoms with E-state index in [0.29, 0.717) is 5.69 Å². The molecule has 1 amide bonds. The minimum atomic E-state index is -1.11. The van der Waals surface area contributed by atoms with Crippen molar-refractivity contribution in [1.82, 2.24) is 4.98 Å². The molecule has 9 heteroatoms. The standard InChI is InChI=1S/C21H16ClN3O5/c1-13(21(27)24-19-10-9-16(25(28)29)12-17(19)22)30-20(26)11-8-15-7-6-14-4-2-3-5-18(14)23-15/h2-13H,1H3,(H,24,27)/b11-8+. The van der Waals surface area contributed by atoms with E-state index < -0.39 is 22.9 Å². The molecule has 0 aliphatic rings. The molecule has 8 nitrogen and oxygen atoms in total. The summed E-state index contributed by atoms with van der Waals surface area (Å²) in [5.41, 5.74) is 1.33. The van der Waals surface area contributed by atoms with E-state index in [1.165, 1.54) is 31.2 Å². The highest BCUT2D eigenvalue weighted by Crippen LogP contribution is 2.26. The number of nitro groups is 1. The number of pyridine rings is 1. The van der Waals surface area contributed by atoms with Crippen molar-refractivity contribution in [3.8, 4) is 0 Å². The van der Waals surface area contributed by atoms with Crippen molar-refractivity contribution in [2.24, 2.45) is 0 Å². The number of carbonyl (C=O) groups is 2. The van der Waals surface area contributed by atoms with Crippen LogP contribution < -0.4 is 5.32 Å². The Labute approximate surface area is 176 Å². The number of ether oxygens (including phenoxy) is 1. The fraction of sp³-hybridized carbons (Fsp3) is 0.0952. The third kappa shape index (κ3) is 5.18. The zero-order chi connectivity index (χ0) is 21.7. The highest BCUT2D eigenvalue weighted by atomic mass is 35.5. The lowest BCUT2D eigenvalue weighted by Gasteiger charge is -2.13. The van der Waals surface area contributed by atoms with Crippen molar-refractivity contribution < 1.29 is 19.2 Å². The predicted octanol–water partition coefficient (Wildman–Crippen LogP) is 4.38. The Morgan fingerprint density at radius 2 is 1.97 bits per heavy atom. The third-order valence-corrected chi connectivity index (χ3v) is 4.41. The monoisotopic (exact) mass is 425 g/mol. The summed E-state index contributed by atoms with van der Waals surface area (Å²) in [5.74, 6) is -1.35. The van der Waals surface area contributed by atoms with Gasteiger partial charge in [0, 0.05) is 23.6 Å². The van der Waals surface area contributed by atoms with Gasteiger partial charge < -0.3 is 10.1 Å². The van der Waals surface area contributed by atoms with Crippen molar-refractivity contribution >= 4 is 51.8 Å². The van der Waals surface area contributed by atoms with Crippen LogP contribution in [0, 0.1) is 10.1 Å². The molecule has 0 aliphatic heterocycles. The molecule has 0 spiro atoms. The third-order valence-electron chi connectivity index (χ3n) is 4.09. The van der Waals surface area contributed by atoms with Gasteiger partial charge in [0.1, 0.15) is 0 Å². The Kier molecular flexibility index (Phi) is 6.38. The van der Waals surface area contributed by atoms with Crippen molar-refractivity contribution in [3.63, 3.8) is 0 Å². The van der Waals surface area contributed by atoms with Crippen LogP contribution in [0.25, 0.3) is 17.0 Å². The van der Waals surface area contributed by atoms with Crippen LogP contribution in [-0.2, 0) is 14.3 Å². The summed E-state index contributed by atoms with van der Waals surface area (Å²) in [7, 11) is 0. The number of amides is 1. The van der Waals surface area contributed by atoms with Gasteiger partial charge in [-0.25, -0.2) is 9.78 Å². The molecule has 1 heterocycles. The summed E-state index contributed by atoms with van der Waals surface area (Å²) < 4.78 is 5.08. The summed E-state index contributed by atoms with van der Waals surface area (Å²) in [6, 6.07) is 14.9. The van der Waals surface area contributed by atoms with Crippen LogP contribution in [0.2, 0.25) is 5.02 Å². The number of para-hydroxylation sites is 1. The number of rotatable bonds is 6. The molecule has 3 aromatic rings. The number of hydrogen-bond acceptors (Lipinski definition) is 6. The largest absolute Gasteiger partial charge is 0.449 e. The Balaban J connectivity index is 1.59. The normalized spacial score (nSPS) is 11.9. The van der Waals surface area contributed by atoms with Crippen molar-refractivity contribution in [3.05, 3.63) is 81.5 Å². The van der Waals surface area contributed by atoms with Gasteiger partial charge in [0.2, 0.25) is 0 Å². The van der Waals surface area contributed by atoms with Crippen LogP contribution in [-0.4, -0.2) is 27.9 Å². The quantitative estimate of drug-likeness (QED) is 0.271. The first-order valence-electron chi connectivity index (χ1n) is 8.83. The fourth-order valence-corrected chi connectivity index (χ4v) is 2.77. The summed E-state index contributed by atoms with van der Waals surface area (Å²) in [6.07, 6.45) is 1.56. The van der Waals surface area contributed by atoms with Crippen LogP contribution in [0.1, 0.15) is 12.6 Å². The lowest BCUT2D eigenvalue weighted by Crippen LogP contribution is -2.29. The number of non-ortho nitro benzene ring substituents is 1. The molecular formula is C21H16ClN3O5. The van der Waals surface area contributed by atoms with E-state index in [2.05, 4.69) is 10.3 Å². The first-order chi connectivity index (χ1) is 14.3. The van der Waals surface area contributed by atoms with E-state index >= 15 is 0 Å². The lowest BCUT2D eigenvalue weighted by atomic mass is 10.2. The molecule has 0 radical (unpaired) electrons. The topological polar surface area (TPSA) is 111 Å². The molecule has 1 aromatic heterocycles. The first-order valence-corrected chi connectivity index (χ1v) is 9.20. The summed E-state index contributed by atoms with van der Waals surface area (Å²) in [5, 5.41) is 14.2. The van der Waals surface area contributed by atoms with E-state index in [-0.39, 0.29) is 16.4 Å². The Morgan fingerprint density at radius 3 is 2.70 bits per heavy atom. The summed E-state index contributed by atoms with van der Waals surface area (Å²) in [4.78, 5) is 38.8. The van der Waals surface area contributed by atoms with Crippen LogP contribution in [0.4, 0.5) is 11.4 Å².